The van der Waals surface area contributed by atoms with Crippen LogP contribution in [0.2, 0.25) is 0 Å². The summed E-state index contributed by atoms with van der Waals surface area (Å²) < 4.78 is 0. The molecule has 0 unspecified atom stereocenters. The number of aromatic nitrogens is 3. The van der Waals surface area contributed by atoms with E-state index in [9.17, 15) is 4.79 Å². The zero-order valence-corrected chi connectivity index (χ0v) is 7.40. The number of hydrogen-bond acceptors (Lipinski definition) is 3. The van der Waals surface area contributed by atoms with Crippen molar-refractivity contribution in [2.45, 2.75) is 13.8 Å². The summed E-state index contributed by atoms with van der Waals surface area (Å²) in [6.07, 6.45) is 3.34. The molecule has 0 spiro atoms. The lowest BCUT2D eigenvalue weighted by Crippen LogP contribution is -1.93. The van der Waals surface area contributed by atoms with Crippen molar-refractivity contribution in [1.82, 2.24) is 15.0 Å². The number of carbonyl (C=O) groups excluding carboxylic acids is 1. The maximum Gasteiger partial charge on any atom is 0.155 e. The van der Waals surface area contributed by atoms with Gasteiger partial charge in [-0.1, -0.05) is 0 Å². The number of ketones is 1. The van der Waals surface area contributed by atoms with Gasteiger partial charge in [0.25, 0.3) is 0 Å². The van der Waals surface area contributed by atoms with Gasteiger partial charge in [-0.3, -0.25) is 4.79 Å². The highest BCUT2D eigenvalue weighted by molar-refractivity contribution is 5.96. The molecule has 0 saturated heterocycles. The molecule has 0 aliphatic rings. The summed E-state index contributed by atoms with van der Waals surface area (Å²) in [6.45, 7) is 3.29. The Morgan fingerprint density at radius 3 is 2.67 bits per heavy atom. The molecule has 1 heterocycles. The monoisotopic (exact) mass is 165 g/mol. The molecule has 4 heteroatoms. The molecule has 0 aliphatic heterocycles. The topological polar surface area (TPSA) is 47.8 Å². The van der Waals surface area contributed by atoms with Crippen LogP contribution in [0.1, 0.15) is 19.5 Å². The molecule has 1 rings (SSSR count). The Morgan fingerprint density at radius 2 is 2.25 bits per heavy atom. The number of hydrogen-bond donors (Lipinski definition) is 0. The van der Waals surface area contributed by atoms with Crippen molar-refractivity contribution in [3.63, 3.8) is 0 Å². The zero-order chi connectivity index (χ0) is 9.14. The normalized spacial score (nSPS) is 11.8. The highest BCUT2D eigenvalue weighted by atomic mass is 16.1. The minimum absolute atomic E-state index is 0.0562. The molecular weight excluding hydrogens is 154 g/mol. The third kappa shape index (κ3) is 2.02. The molecule has 1 aromatic rings. The van der Waals surface area contributed by atoms with Crippen molar-refractivity contribution >= 4 is 11.9 Å². The van der Waals surface area contributed by atoms with E-state index in [1.165, 1.54) is 11.7 Å². The Bertz CT molecular complexity index is 325. The van der Waals surface area contributed by atoms with Crippen LogP contribution in [0, 0.1) is 0 Å². The summed E-state index contributed by atoms with van der Waals surface area (Å²) in [7, 11) is 1.74. The predicted molar refractivity (Wildman–Crippen MR) is 45.3 cm³/mol. The fraction of sp³-hybridized carbons (Fsp3) is 0.375. The van der Waals surface area contributed by atoms with E-state index in [4.69, 9.17) is 0 Å². The highest BCUT2D eigenvalue weighted by Gasteiger charge is 1.98. The Morgan fingerprint density at radius 1 is 1.58 bits per heavy atom. The second-order valence-corrected chi connectivity index (χ2v) is 2.64. The quantitative estimate of drug-likeness (QED) is 0.609. The standard InChI is InChI=1S/C8H11N3O/c1-6(7(2)12)4-8-5-9-11(3)10-8/h4-5H,1-3H3/b6-4+. The maximum atomic E-state index is 10.8. The highest BCUT2D eigenvalue weighted by Crippen LogP contribution is 2.02. The van der Waals surface area contributed by atoms with Crippen LogP contribution in [0.3, 0.4) is 0 Å². The van der Waals surface area contributed by atoms with Crippen molar-refractivity contribution in [3.05, 3.63) is 17.5 Å². The van der Waals surface area contributed by atoms with E-state index < -0.39 is 0 Å². The first-order valence-electron chi connectivity index (χ1n) is 3.65. The van der Waals surface area contributed by atoms with Crippen molar-refractivity contribution in [2.24, 2.45) is 7.05 Å². The molecule has 0 fully saturated rings. The van der Waals surface area contributed by atoms with Crippen LogP contribution in [0.15, 0.2) is 11.8 Å². The maximum absolute atomic E-state index is 10.8. The molecule has 0 bridgehead atoms. The summed E-state index contributed by atoms with van der Waals surface area (Å²) in [4.78, 5) is 12.3. The Balaban J connectivity index is 2.87. The average Bonchev–Trinajstić information content (AvgIpc) is 2.35. The third-order valence-electron chi connectivity index (χ3n) is 1.54. The fourth-order valence-corrected chi connectivity index (χ4v) is 0.751. The second kappa shape index (κ2) is 3.30. The molecule has 0 radical (unpaired) electrons. The fourth-order valence-electron chi connectivity index (χ4n) is 0.751. The van der Waals surface area contributed by atoms with Gasteiger partial charge in [0.1, 0.15) is 5.69 Å². The largest absolute Gasteiger partial charge is 0.295 e. The summed E-state index contributed by atoms with van der Waals surface area (Å²) in [6, 6.07) is 0. The van der Waals surface area contributed by atoms with Crippen LogP contribution < -0.4 is 0 Å². The van der Waals surface area contributed by atoms with Crippen LogP contribution in [-0.2, 0) is 11.8 Å². The van der Waals surface area contributed by atoms with E-state index in [2.05, 4.69) is 10.2 Å². The van der Waals surface area contributed by atoms with E-state index in [1.54, 1.807) is 26.2 Å². The summed E-state index contributed by atoms with van der Waals surface area (Å²) in [5.41, 5.74) is 1.40. The molecule has 4 nitrogen and oxygen atoms in total. The van der Waals surface area contributed by atoms with Crippen molar-refractivity contribution in [1.29, 1.82) is 0 Å². The second-order valence-electron chi connectivity index (χ2n) is 2.64. The molecule has 1 aromatic heterocycles. The van der Waals surface area contributed by atoms with Gasteiger partial charge in [0.15, 0.2) is 5.78 Å². The van der Waals surface area contributed by atoms with Gasteiger partial charge in [0, 0.05) is 7.05 Å². The molecule has 0 aliphatic carbocycles. The Kier molecular flexibility index (Phi) is 2.38. The van der Waals surface area contributed by atoms with Gasteiger partial charge >= 0.3 is 0 Å². The van der Waals surface area contributed by atoms with Gasteiger partial charge in [-0.05, 0) is 25.5 Å². The predicted octanol–water partition coefficient (Wildman–Crippen LogP) is 0.807. The van der Waals surface area contributed by atoms with Crippen LogP contribution >= 0.6 is 0 Å². The van der Waals surface area contributed by atoms with Gasteiger partial charge in [-0.15, -0.1) is 0 Å². The smallest absolute Gasteiger partial charge is 0.155 e. The number of rotatable bonds is 2. The van der Waals surface area contributed by atoms with E-state index in [1.807, 2.05) is 0 Å². The van der Waals surface area contributed by atoms with Crippen molar-refractivity contribution < 1.29 is 4.79 Å². The van der Waals surface area contributed by atoms with Crippen LogP contribution in [-0.4, -0.2) is 20.8 Å². The average molecular weight is 165 g/mol. The van der Waals surface area contributed by atoms with E-state index >= 15 is 0 Å². The molecule has 12 heavy (non-hydrogen) atoms. The SMILES string of the molecule is CC(=O)/C(C)=C/c1cnn(C)n1. The number of carbonyl (C=O) groups is 1. The van der Waals surface area contributed by atoms with Crippen LogP contribution in [0.25, 0.3) is 6.08 Å². The van der Waals surface area contributed by atoms with Gasteiger partial charge in [-0.25, -0.2) is 0 Å². The first-order valence-corrected chi connectivity index (χ1v) is 3.65. The number of nitrogens with zero attached hydrogens (tertiary/aromatic N) is 3. The first kappa shape index (κ1) is 8.64. The zero-order valence-electron chi connectivity index (χ0n) is 7.40. The molecule has 0 atom stereocenters. The van der Waals surface area contributed by atoms with Crippen LogP contribution in [0.4, 0.5) is 0 Å². The van der Waals surface area contributed by atoms with Crippen LogP contribution in [0.5, 0.6) is 0 Å². The van der Waals surface area contributed by atoms with E-state index in [0.717, 1.165) is 0 Å². The van der Waals surface area contributed by atoms with Gasteiger partial charge in [0.05, 0.1) is 6.20 Å². The van der Waals surface area contributed by atoms with E-state index in [0.29, 0.717) is 11.3 Å². The lowest BCUT2D eigenvalue weighted by atomic mass is 10.2. The van der Waals surface area contributed by atoms with Crippen molar-refractivity contribution in [2.75, 3.05) is 0 Å². The minimum atomic E-state index is 0.0562. The molecule has 0 saturated carbocycles. The molecule has 0 amide bonds. The molecule has 0 N–H and O–H groups in total. The van der Waals surface area contributed by atoms with Gasteiger partial charge in [0.2, 0.25) is 0 Å². The minimum Gasteiger partial charge on any atom is -0.295 e. The first-order chi connectivity index (χ1) is 5.59. The van der Waals surface area contributed by atoms with E-state index in [-0.39, 0.29) is 5.78 Å². The lowest BCUT2D eigenvalue weighted by molar-refractivity contribution is -0.113. The van der Waals surface area contributed by atoms with Crippen molar-refractivity contribution in [3.8, 4) is 0 Å². The number of allylic oxidation sites excluding steroid dienone is 1. The molecular formula is C8H11N3O. The lowest BCUT2D eigenvalue weighted by Gasteiger charge is -1.89. The number of Topliss-reactive ketones (excluding diaryl/α,β-unsaturated/α-hetero) is 1. The molecule has 0 aromatic carbocycles. The number of aryl methyl sites for hydroxylation is 1. The third-order valence-corrected chi connectivity index (χ3v) is 1.54. The Hall–Kier alpha value is -1.45. The Labute approximate surface area is 70.9 Å². The molecule has 64 valence electrons. The summed E-state index contributed by atoms with van der Waals surface area (Å²) >= 11 is 0. The van der Waals surface area contributed by atoms with Gasteiger partial charge < -0.3 is 0 Å². The summed E-state index contributed by atoms with van der Waals surface area (Å²) in [5, 5.41) is 7.89. The summed E-state index contributed by atoms with van der Waals surface area (Å²) in [5.74, 6) is 0.0562. The van der Waals surface area contributed by atoms with Gasteiger partial charge in [-0.2, -0.15) is 15.0 Å².